The van der Waals surface area contributed by atoms with Crippen molar-refractivity contribution in [2.75, 3.05) is 13.4 Å². The molecular formula is C7H14O4. The van der Waals surface area contributed by atoms with E-state index in [2.05, 4.69) is 0 Å². The second-order valence-electron chi connectivity index (χ2n) is 2.17. The third kappa shape index (κ3) is 7.29. The van der Waals surface area contributed by atoms with Crippen LogP contribution in [0.15, 0.2) is 0 Å². The molecule has 0 aromatic rings. The Morgan fingerprint density at radius 3 is 2.55 bits per heavy atom. The van der Waals surface area contributed by atoms with Gasteiger partial charge in [0.05, 0.1) is 6.61 Å². The maximum absolute atomic E-state index is 10.5. The van der Waals surface area contributed by atoms with Gasteiger partial charge in [-0.1, -0.05) is 0 Å². The number of carbonyl (C=O) groups excluding carboxylic acids is 1. The number of hydrogen-bond acceptors (Lipinski definition) is 4. The van der Waals surface area contributed by atoms with Gasteiger partial charge in [0.1, 0.15) is 6.79 Å². The monoisotopic (exact) mass is 162 g/mol. The topological polar surface area (TPSA) is 66.8 Å². The molecule has 1 fully saturated rings. The van der Waals surface area contributed by atoms with E-state index in [4.69, 9.17) is 14.9 Å². The minimum atomic E-state index is -0.750. The highest BCUT2D eigenvalue weighted by Crippen LogP contribution is 2.06. The van der Waals surface area contributed by atoms with Gasteiger partial charge in [-0.3, -0.25) is 4.79 Å². The second-order valence-corrected chi connectivity index (χ2v) is 2.17. The van der Waals surface area contributed by atoms with Gasteiger partial charge in [0.25, 0.3) is 0 Å². The van der Waals surface area contributed by atoms with Crippen LogP contribution in [0.2, 0.25) is 0 Å². The summed E-state index contributed by atoms with van der Waals surface area (Å²) in [5.41, 5.74) is 0. The Morgan fingerprint density at radius 2 is 1.91 bits per heavy atom. The smallest absolute Gasteiger partial charge is 0.305 e. The van der Waals surface area contributed by atoms with Crippen LogP contribution in [-0.2, 0) is 9.53 Å². The second kappa shape index (κ2) is 7.50. The highest BCUT2D eigenvalue weighted by Gasteiger charge is 2.05. The summed E-state index contributed by atoms with van der Waals surface area (Å²) in [7, 11) is 0. The van der Waals surface area contributed by atoms with Gasteiger partial charge in [0.15, 0.2) is 0 Å². The van der Waals surface area contributed by atoms with E-state index in [1.807, 2.05) is 0 Å². The van der Waals surface area contributed by atoms with Gasteiger partial charge in [0, 0.05) is 6.42 Å². The lowest BCUT2D eigenvalue weighted by molar-refractivity contribution is -0.142. The lowest BCUT2D eigenvalue weighted by Gasteiger charge is -1.93. The molecule has 0 aromatic carbocycles. The highest BCUT2D eigenvalue weighted by molar-refractivity contribution is 5.69. The molecule has 0 amide bonds. The molecule has 0 unspecified atom stereocenters. The highest BCUT2D eigenvalue weighted by atomic mass is 16.5. The first-order valence-corrected chi connectivity index (χ1v) is 3.68. The quantitative estimate of drug-likeness (QED) is 0.389. The minimum absolute atomic E-state index is 0.0255. The first-order valence-electron chi connectivity index (χ1n) is 3.68. The number of rotatable bonds is 0. The fraction of sp³-hybridized carbons (Fsp3) is 0.857. The fourth-order valence-corrected chi connectivity index (χ4v) is 0.806. The Hall–Kier alpha value is -0.610. The number of aliphatic hydroxyl groups is 2. The van der Waals surface area contributed by atoms with Crippen LogP contribution in [0.4, 0.5) is 0 Å². The summed E-state index contributed by atoms with van der Waals surface area (Å²) in [6.45, 7) is -0.112. The van der Waals surface area contributed by atoms with Crippen LogP contribution in [0.5, 0.6) is 0 Å². The first kappa shape index (κ1) is 10.4. The number of hydrogen-bond donors (Lipinski definition) is 2. The predicted molar refractivity (Wildman–Crippen MR) is 38.7 cm³/mol. The Balaban J connectivity index is 0.000000292. The van der Waals surface area contributed by atoms with Gasteiger partial charge >= 0.3 is 5.97 Å². The van der Waals surface area contributed by atoms with Crippen molar-refractivity contribution >= 4 is 5.97 Å². The van der Waals surface area contributed by atoms with Crippen molar-refractivity contribution in [1.82, 2.24) is 0 Å². The molecule has 2 N–H and O–H groups in total. The van der Waals surface area contributed by atoms with E-state index in [0.29, 0.717) is 13.0 Å². The van der Waals surface area contributed by atoms with Gasteiger partial charge in [0.2, 0.25) is 0 Å². The van der Waals surface area contributed by atoms with Crippen molar-refractivity contribution in [3.63, 3.8) is 0 Å². The van der Waals surface area contributed by atoms with Crippen LogP contribution in [0, 0.1) is 0 Å². The van der Waals surface area contributed by atoms with Crippen LogP contribution < -0.4 is 0 Å². The molecule has 0 atom stereocenters. The van der Waals surface area contributed by atoms with E-state index in [9.17, 15) is 4.79 Å². The summed E-state index contributed by atoms with van der Waals surface area (Å²) in [5.74, 6) is -0.0255. The van der Waals surface area contributed by atoms with E-state index >= 15 is 0 Å². The molecule has 0 bridgehead atoms. The summed E-state index contributed by atoms with van der Waals surface area (Å²) >= 11 is 0. The number of cyclic esters (lactones) is 1. The molecule has 4 heteroatoms. The average Bonchev–Trinajstić information content (AvgIpc) is 2.18. The van der Waals surface area contributed by atoms with E-state index in [0.717, 1.165) is 19.3 Å². The summed E-state index contributed by atoms with van der Waals surface area (Å²) in [4.78, 5) is 10.5. The van der Waals surface area contributed by atoms with E-state index in [-0.39, 0.29) is 5.97 Å². The SMILES string of the molecule is O=C1CCCCCO1.OCO. The summed E-state index contributed by atoms with van der Waals surface area (Å²) in [6.07, 6.45) is 3.83. The zero-order chi connectivity index (χ0) is 8.53. The number of esters is 1. The normalized spacial score (nSPS) is 17.5. The van der Waals surface area contributed by atoms with E-state index in [1.54, 1.807) is 0 Å². The lowest BCUT2D eigenvalue weighted by Crippen LogP contribution is -2.00. The molecule has 0 saturated carbocycles. The molecule has 11 heavy (non-hydrogen) atoms. The summed E-state index contributed by atoms with van der Waals surface area (Å²) in [5, 5.41) is 14.2. The zero-order valence-electron chi connectivity index (χ0n) is 6.45. The molecule has 1 heterocycles. The van der Waals surface area contributed by atoms with Crippen LogP contribution in [-0.4, -0.2) is 29.6 Å². The molecule has 4 nitrogen and oxygen atoms in total. The molecule has 1 aliphatic heterocycles. The average molecular weight is 162 g/mol. The Labute approximate surface area is 65.8 Å². The molecular weight excluding hydrogens is 148 g/mol. The van der Waals surface area contributed by atoms with Crippen LogP contribution in [0.1, 0.15) is 25.7 Å². The van der Waals surface area contributed by atoms with Crippen LogP contribution in [0.25, 0.3) is 0 Å². The largest absolute Gasteiger partial charge is 0.466 e. The maximum Gasteiger partial charge on any atom is 0.305 e. The lowest BCUT2D eigenvalue weighted by atomic mass is 10.2. The molecule has 0 aliphatic carbocycles. The van der Waals surface area contributed by atoms with Crippen molar-refractivity contribution in [3.05, 3.63) is 0 Å². The van der Waals surface area contributed by atoms with Gasteiger partial charge < -0.3 is 14.9 Å². The first-order chi connectivity index (χ1) is 5.31. The molecule has 0 aromatic heterocycles. The number of carbonyl (C=O) groups is 1. The molecule has 1 saturated heterocycles. The van der Waals surface area contributed by atoms with Crippen LogP contribution in [0.3, 0.4) is 0 Å². The van der Waals surface area contributed by atoms with Gasteiger partial charge in [-0.25, -0.2) is 0 Å². The van der Waals surface area contributed by atoms with Gasteiger partial charge in [-0.15, -0.1) is 0 Å². The van der Waals surface area contributed by atoms with Crippen molar-refractivity contribution in [3.8, 4) is 0 Å². The van der Waals surface area contributed by atoms with Gasteiger partial charge in [-0.05, 0) is 19.3 Å². The zero-order valence-corrected chi connectivity index (χ0v) is 6.45. The molecule has 1 rings (SSSR count). The maximum atomic E-state index is 10.5. The van der Waals surface area contributed by atoms with Crippen molar-refractivity contribution in [1.29, 1.82) is 0 Å². The third-order valence-electron chi connectivity index (χ3n) is 1.29. The Kier molecular flexibility index (Phi) is 7.08. The van der Waals surface area contributed by atoms with E-state index < -0.39 is 6.79 Å². The Morgan fingerprint density at radius 1 is 1.27 bits per heavy atom. The van der Waals surface area contributed by atoms with Crippen molar-refractivity contribution < 1.29 is 19.7 Å². The number of ether oxygens (including phenoxy) is 1. The number of aliphatic hydroxyl groups excluding tert-OH is 1. The Bertz CT molecular complexity index is 92.6. The molecule has 1 aliphatic rings. The predicted octanol–water partition coefficient (Wildman–Crippen LogP) is 0.0321. The third-order valence-corrected chi connectivity index (χ3v) is 1.29. The van der Waals surface area contributed by atoms with E-state index in [1.165, 1.54) is 0 Å². The van der Waals surface area contributed by atoms with Crippen LogP contribution >= 0.6 is 0 Å². The van der Waals surface area contributed by atoms with Crippen molar-refractivity contribution in [2.24, 2.45) is 0 Å². The van der Waals surface area contributed by atoms with Gasteiger partial charge in [-0.2, -0.15) is 0 Å². The summed E-state index contributed by atoms with van der Waals surface area (Å²) < 4.78 is 4.76. The molecule has 0 radical (unpaired) electrons. The summed E-state index contributed by atoms with van der Waals surface area (Å²) in [6, 6.07) is 0. The molecule has 0 spiro atoms. The standard InChI is InChI=1S/C6H10O2.CH4O2/c7-6-4-2-1-3-5-8-6;2-1-3/h1-5H2;2-3H,1H2. The molecule has 66 valence electrons. The van der Waals surface area contributed by atoms with Crippen molar-refractivity contribution in [2.45, 2.75) is 25.7 Å². The fourth-order valence-electron chi connectivity index (χ4n) is 0.806. The minimum Gasteiger partial charge on any atom is -0.466 e.